The lowest BCUT2D eigenvalue weighted by atomic mass is 10.0. The largest absolute Gasteiger partial charge is 0.316 e. The van der Waals surface area contributed by atoms with Crippen LogP contribution >= 0.6 is 35.4 Å². The normalized spacial score (nSPS) is 15.4. The van der Waals surface area contributed by atoms with Gasteiger partial charge in [-0.25, -0.2) is 0 Å². The van der Waals surface area contributed by atoms with Crippen molar-refractivity contribution in [2.45, 2.75) is 33.6 Å². The second-order valence-electron chi connectivity index (χ2n) is 8.46. The van der Waals surface area contributed by atoms with E-state index in [1.54, 1.807) is 18.2 Å². The Hall–Kier alpha value is -2.93. The third kappa shape index (κ3) is 4.41. The minimum absolute atomic E-state index is 0.00369. The van der Waals surface area contributed by atoms with Gasteiger partial charge in [-0.05, 0) is 85.6 Å². The third-order valence-corrected chi connectivity index (χ3v) is 6.66. The molecular formula is C26H23Cl2N3O2S. The number of amides is 2. The lowest BCUT2D eigenvalue weighted by Crippen LogP contribution is -2.54. The first-order chi connectivity index (χ1) is 16.1. The molecule has 1 aliphatic heterocycles. The fourth-order valence-electron chi connectivity index (χ4n) is 4.02. The van der Waals surface area contributed by atoms with Crippen LogP contribution in [0.25, 0.3) is 11.8 Å². The van der Waals surface area contributed by atoms with Crippen molar-refractivity contribution in [2.24, 2.45) is 0 Å². The zero-order valence-corrected chi connectivity index (χ0v) is 21.5. The Balaban J connectivity index is 1.74. The highest BCUT2D eigenvalue weighted by Crippen LogP contribution is 2.30. The Kier molecular flexibility index (Phi) is 6.67. The molecule has 1 N–H and O–H groups in total. The molecule has 0 saturated carbocycles. The van der Waals surface area contributed by atoms with E-state index < -0.39 is 11.8 Å². The van der Waals surface area contributed by atoms with Gasteiger partial charge in [0, 0.05) is 16.4 Å². The highest BCUT2D eigenvalue weighted by Gasteiger charge is 2.34. The number of hydrogen-bond donors (Lipinski definition) is 1. The van der Waals surface area contributed by atoms with E-state index in [1.165, 1.54) is 4.90 Å². The van der Waals surface area contributed by atoms with Crippen molar-refractivity contribution in [1.29, 1.82) is 0 Å². The van der Waals surface area contributed by atoms with Gasteiger partial charge >= 0.3 is 0 Å². The number of benzene rings is 2. The second kappa shape index (κ2) is 9.37. The minimum Gasteiger partial charge on any atom is -0.316 e. The van der Waals surface area contributed by atoms with Crippen LogP contribution in [0.15, 0.2) is 54.1 Å². The van der Waals surface area contributed by atoms with Gasteiger partial charge in [0.2, 0.25) is 0 Å². The summed E-state index contributed by atoms with van der Waals surface area (Å²) in [5, 5.41) is 3.74. The maximum Gasteiger partial charge on any atom is 0.270 e. The van der Waals surface area contributed by atoms with Crippen molar-refractivity contribution in [3.05, 3.63) is 86.7 Å². The predicted molar refractivity (Wildman–Crippen MR) is 142 cm³/mol. The fraction of sp³-hybridized carbons (Fsp3) is 0.192. The molecule has 8 heteroatoms. The lowest BCUT2D eigenvalue weighted by molar-refractivity contribution is -0.122. The van der Waals surface area contributed by atoms with Crippen molar-refractivity contribution >= 4 is 64.1 Å². The molecule has 2 heterocycles. The first-order valence-electron chi connectivity index (χ1n) is 10.7. The first-order valence-corrected chi connectivity index (χ1v) is 11.9. The Morgan fingerprint density at radius 3 is 2.29 bits per heavy atom. The van der Waals surface area contributed by atoms with E-state index in [0.717, 1.165) is 28.2 Å². The molecule has 0 spiro atoms. The van der Waals surface area contributed by atoms with E-state index in [2.05, 4.69) is 19.2 Å². The number of carbonyl (C=O) groups excluding carboxylic acids is 2. The van der Waals surface area contributed by atoms with E-state index in [1.807, 2.05) is 54.8 Å². The molecular weight excluding hydrogens is 489 g/mol. The van der Waals surface area contributed by atoms with Crippen LogP contribution in [0.4, 0.5) is 5.69 Å². The van der Waals surface area contributed by atoms with Gasteiger partial charge in [0.1, 0.15) is 5.57 Å². The summed E-state index contributed by atoms with van der Waals surface area (Å²) >= 11 is 17.8. The molecule has 0 aliphatic carbocycles. The van der Waals surface area contributed by atoms with Crippen LogP contribution in [0.3, 0.4) is 0 Å². The van der Waals surface area contributed by atoms with E-state index in [0.29, 0.717) is 21.7 Å². The summed E-state index contributed by atoms with van der Waals surface area (Å²) in [4.78, 5) is 27.5. The van der Waals surface area contributed by atoms with Crippen LogP contribution in [-0.4, -0.2) is 21.5 Å². The molecule has 174 valence electrons. The summed E-state index contributed by atoms with van der Waals surface area (Å²) in [5.74, 6) is -0.641. The van der Waals surface area contributed by atoms with Crippen molar-refractivity contribution < 1.29 is 9.59 Å². The summed E-state index contributed by atoms with van der Waals surface area (Å²) in [7, 11) is 0. The van der Waals surface area contributed by atoms with Crippen molar-refractivity contribution in [2.75, 3.05) is 4.90 Å². The van der Waals surface area contributed by atoms with Gasteiger partial charge in [-0.3, -0.25) is 19.8 Å². The zero-order chi connectivity index (χ0) is 24.7. The monoisotopic (exact) mass is 511 g/mol. The zero-order valence-electron chi connectivity index (χ0n) is 19.1. The van der Waals surface area contributed by atoms with Gasteiger partial charge in [0.05, 0.1) is 16.4 Å². The van der Waals surface area contributed by atoms with Gasteiger partial charge in [0.15, 0.2) is 5.11 Å². The molecule has 1 aliphatic rings. The van der Waals surface area contributed by atoms with Crippen molar-refractivity contribution in [3.8, 4) is 5.69 Å². The van der Waals surface area contributed by atoms with Crippen LogP contribution in [0.2, 0.25) is 10.0 Å². The van der Waals surface area contributed by atoms with Crippen molar-refractivity contribution in [1.82, 2.24) is 9.88 Å². The van der Waals surface area contributed by atoms with E-state index >= 15 is 0 Å². The van der Waals surface area contributed by atoms with E-state index in [9.17, 15) is 9.59 Å². The van der Waals surface area contributed by atoms with Gasteiger partial charge in [-0.1, -0.05) is 49.2 Å². The average molecular weight is 512 g/mol. The Bertz CT molecular complexity index is 1360. The molecule has 2 aromatic carbocycles. The molecule has 0 unspecified atom stereocenters. The highest BCUT2D eigenvalue weighted by atomic mass is 35.5. The molecule has 1 fully saturated rings. The third-order valence-electron chi connectivity index (χ3n) is 5.84. The van der Waals surface area contributed by atoms with Gasteiger partial charge < -0.3 is 4.57 Å². The number of carbonyl (C=O) groups is 2. The molecule has 1 saturated heterocycles. The van der Waals surface area contributed by atoms with Gasteiger partial charge in [-0.2, -0.15) is 0 Å². The minimum atomic E-state index is -0.528. The average Bonchev–Trinajstić information content (AvgIpc) is 3.04. The van der Waals surface area contributed by atoms with E-state index in [4.69, 9.17) is 35.4 Å². The molecule has 3 aromatic rings. The molecule has 0 radical (unpaired) electrons. The number of rotatable bonds is 4. The molecule has 34 heavy (non-hydrogen) atoms. The summed E-state index contributed by atoms with van der Waals surface area (Å²) in [6.07, 6.45) is 1.59. The number of thiocarbonyl (C=S) groups is 1. The Labute approximate surface area is 214 Å². The highest BCUT2D eigenvalue weighted by molar-refractivity contribution is 7.80. The van der Waals surface area contributed by atoms with E-state index in [-0.39, 0.29) is 10.7 Å². The van der Waals surface area contributed by atoms with Gasteiger partial charge in [0.25, 0.3) is 11.8 Å². The molecule has 5 nitrogen and oxygen atoms in total. The number of hydrogen-bond acceptors (Lipinski definition) is 3. The number of nitrogens with zero attached hydrogens (tertiary/aromatic N) is 2. The second-order valence-corrected chi connectivity index (χ2v) is 9.69. The smallest absolute Gasteiger partial charge is 0.270 e. The molecule has 1 aromatic heterocycles. The number of nitrogens with one attached hydrogen (secondary N) is 1. The molecule has 0 bridgehead atoms. The van der Waals surface area contributed by atoms with Crippen LogP contribution in [0.1, 0.15) is 42.3 Å². The lowest BCUT2D eigenvalue weighted by Gasteiger charge is -2.29. The standard InChI is InChI=1S/C26H23Cl2N3O2S/c1-14(2)17-5-8-20(9-6-17)31-25(33)21(24(32)29-26(31)34)12-18-11-15(3)30(16(18)4)23-10-7-19(27)13-22(23)28/h5-14H,1-4H3,(H,29,32,34)/b21-12+. The predicted octanol–water partition coefficient (Wildman–Crippen LogP) is 6.36. The number of anilines is 1. The Morgan fingerprint density at radius 2 is 1.68 bits per heavy atom. The van der Waals surface area contributed by atoms with Crippen LogP contribution < -0.4 is 10.2 Å². The summed E-state index contributed by atoms with van der Waals surface area (Å²) in [6.45, 7) is 8.03. The first kappa shape index (κ1) is 24.2. The topological polar surface area (TPSA) is 54.3 Å². The quantitative estimate of drug-likeness (QED) is 0.252. The number of halogens is 2. The SMILES string of the molecule is Cc1cc(/C=C2\C(=O)NC(=S)N(c3ccc(C(C)C)cc3)C2=O)c(C)n1-c1ccc(Cl)cc1Cl. The summed E-state index contributed by atoms with van der Waals surface area (Å²) in [6, 6.07) is 14.8. The number of aromatic nitrogens is 1. The van der Waals surface area contributed by atoms with Crippen molar-refractivity contribution in [3.63, 3.8) is 0 Å². The molecule has 0 atom stereocenters. The molecule has 2 amide bonds. The fourth-order valence-corrected chi connectivity index (χ4v) is 4.80. The maximum absolute atomic E-state index is 13.4. The number of aryl methyl sites for hydroxylation is 1. The summed E-state index contributed by atoms with van der Waals surface area (Å²) < 4.78 is 1.96. The van der Waals surface area contributed by atoms with Crippen LogP contribution in [0.5, 0.6) is 0 Å². The molecule has 4 rings (SSSR count). The maximum atomic E-state index is 13.4. The van der Waals surface area contributed by atoms with Crippen LogP contribution in [-0.2, 0) is 9.59 Å². The summed E-state index contributed by atoms with van der Waals surface area (Å²) in [5.41, 5.74) is 4.97. The van der Waals surface area contributed by atoms with Crippen LogP contribution in [0, 0.1) is 13.8 Å². The van der Waals surface area contributed by atoms with Gasteiger partial charge in [-0.15, -0.1) is 0 Å². The Morgan fingerprint density at radius 1 is 1.00 bits per heavy atom.